The monoisotopic (exact) mass is 530 g/mol. The Balaban J connectivity index is 0.000000540. The minimum absolute atomic E-state index is 0.882. The molecule has 2 heterocycles. The molecule has 0 atom stereocenters. The van der Waals surface area contributed by atoms with Crippen molar-refractivity contribution in [2.24, 2.45) is 0 Å². The van der Waals surface area contributed by atoms with E-state index < -0.39 is 10.2 Å². The molecule has 0 saturated heterocycles. The van der Waals surface area contributed by atoms with Gasteiger partial charge < -0.3 is 4.42 Å². The van der Waals surface area contributed by atoms with E-state index in [0.29, 0.717) is 0 Å². The zero-order chi connectivity index (χ0) is 26.5. The molecule has 2 aromatic carbocycles. The van der Waals surface area contributed by atoms with E-state index in [2.05, 4.69) is 72.8 Å². The van der Waals surface area contributed by atoms with Crippen LogP contribution in [0.2, 0.25) is 0 Å². The highest BCUT2D eigenvalue weighted by Crippen LogP contribution is 2.46. The molecule has 0 bridgehead atoms. The molecule has 0 radical (unpaired) electrons. The number of allylic oxidation sites excluding steroid dienone is 2. The van der Waals surface area contributed by atoms with Crippen LogP contribution in [0, 0.1) is 10.2 Å². The van der Waals surface area contributed by atoms with Crippen molar-refractivity contribution in [1.82, 2.24) is 0 Å². The smallest absolute Gasteiger partial charge is 0.360 e. The van der Waals surface area contributed by atoms with Gasteiger partial charge in [0, 0.05) is 5.56 Å². The third kappa shape index (κ3) is 6.30. The van der Waals surface area contributed by atoms with Gasteiger partial charge in [0.1, 0.15) is 5.76 Å². The highest BCUT2D eigenvalue weighted by Gasteiger charge is 2.37. The van der Waals surface area contributed by atoms with E-state index in [4.69, 9.17) is 27.5 Å². The van der Waals surface area contributed by atoms with Gasteiger partial charge in [-0.25, -0.2) is 23.1 Å². The Kier molecular flexibility index (Phi) is 7.88. The first-order chi connectivity index (χ1) is 18.4. The van der Waals surface area contributed by atoms with E-state index in [0.717, 1.165) is 55.8 Å². The molecule has 2 aliphatic carbocycles. The van der Waals surface area contributed by atoms with Gasteiger partial charge in [0.2, 0.25) is 0 Å². The fourth-order valence-electron chi connectivity index (χ4n) is 5.29. The van der Waals surface area contributed by atoms with Crippen molar-refractivity contribution in [1.29, 1.82) is 0 Å². The first-order valence-corrected chi connectivity index (χ1v) is 13.8. The summed E-state index contributed by atoms with van der Waals surface area (Å²) >= 11 is 0. The van der Waals surface area contributed by atoms with Crippen LogP contribution in [0.5, 0.6) is 0 Å². The number of rotatable bonds is 3. The lowest BCUT2D eigenvalue weighted by atomic mass is 9.80. The highest BCUT2D eigenvalue weighted by atomic mass is 35.7. The SMILES string of the molecule is C(=C1/CCCc2c1[o+]c1c(c2-c2ccccc2)CCC/C1=C\c1ccco1)/c1ccccc1.[O-][Cl+3]([O-])([O-])[O-]. The average Bonchev–Trinajstić information content (AvgIpc) is 3.41. The van der Waals surface area contributed by atoms with Gasteiger partial charge in [0.05, 0.1) is 28.5 Å². The molecular formula is C31H27ClO6. The molecule has 0 spiro atoms. The molecule has 0 amide bonds. The number of benzene rings is 2. The lowest BCUT2D eigenvalue weighted by Gasteiger charge is -2.21. The summed E-state index contributed by atoms with van der Waals surface area (Å²) in [4.78, 5) is 0. The molecular weight excluding hydrogens is 504 g/mol. The largest absolute Gasteiger partial charge is 0.465 e. The van der Waals surface area contributed by atoms with Crippen LogP contribution in [0.15, 0.2) is 87.9 Å². The summed E-state index contributed by atoms with van der Waals surface area (Å²) < 4.78 is 46.5. The topological polar surface area (TPSA) is 117 Å². The second-order valence-corrected chi connectivity index (χ2v) is 10.1. The van der Waals surface area contributed by atoms with Crippen molar-refractivity contribution in [2.75, 3.05) is 0 Å². The Bertz CT molecular complexity index is 1430. The summed E-state index contributed by atoms with van der Waals surface area (Å²) in [5, 5.41) is 0. The molecule has 7 heteroatoms. The van der Waals surface area contributed by atoms with Crippen LogP contribution < -0.4 is 18.6 Å². The van der Waals surface area contributed by atoms with Crippen molar-refractivity contribution in [3.05, 3.63) is 113 Å². The minimum atomic E-state index is -4.94. The fourth-order valence-corrected chi connectivity index (χ4v) is 5.29. The molecule has 6 rings (SSSR count). The summed E-state index contributed by atoms with van der Waals surface area (Å²) in [6, 6.07) is 25.4. The summed E-state index contributed by atoms with van der Waals surface area (Å²) in [5.41, 5.74) is 9.15. The van der Waals surface area contributed by atoms with Gasteiger partial charge >= 0.3 is 11.5 Å². The predicted octanol–water partition coefficient (Wildman–Crippen LogP) is 3.82. The first-order valence-electron chi connectivity index (χ1n) is 12.6. The van der Waals surface area contributed by atoms with Crippen molar-refractivity contribution >= 4 is 23.3 Å². The minimum Gasteiger partial charge on any atom is -0.465 e. The standard InChI is InChI=1S/C31H27O2.ClHO4/c1-3-10-22(11-4-1)20-24-14-7-17-27-29(23-12-5-2-6-13-23)28-18-8-15-25(31(28)33-30(24)27)21-26-16-9-19-32-26;2-1(3,4)5/h1-6,9-13,16,19-21H,7-8,14-15,17-18H2;(H,2,3,4,5)/q+1;/p-1/b24-20+;. The molecule has 2 aromatic heterocycles. The number of hydrogen-bond acceptors (Lipinski definition) is 5. The fraction of sp³-hybridized carbons (Fsp3) is 0.194. The lowest BCUT2D eigenvalue weighted by Crippen LogP contribution is -2.68. The van der Waals surface area contributed by atoms with E-state index in [1.165, 1.54) is 39.0 Å². The number of fused-ring (bicyclic) bond motifs is 2. The third-order valence-corrected chi connectivity index (χ3v) is 6.75. The quantitative estimate of drug-likeness (QED) is 0.372. The number of furan rings is 1. The zero-order valence-corrected chi connectivity index (χ0v) is 21.5. The first kappa shape index (κ1) is 26.1. The van der Waals surface area contributed by atoms with Crippen molar-refractivity contribution in [3.63, 3.8) is 0 Å². The van der Waals surface area contributed by atoms with Crippen molar-refractivity contribution in [3.8, 4) is 11.1 Å². The van der Waals surface area contributed by atoms with Crippen LogP contribution in [0.3, 0.4) is 0 Å². The number of hydrogen-bond donors (Lipinski definition) is 0. The molecule has 0 saturated carbocycles. The Hall–Kier alpha value is -3.52. The molecule has 6 nitrogen and oxygen atoms in total. The van der Waals surface area contributed by atoms with Gasteiger partial charge in [-0.2, -0.15) is 0 Å². The van der Waals surface area contributed by atoms with E-state index in [1.54, 1.807) is 6.26 Å². The van der Waals surface area contributed by atoms with Crippen LogP contribution in [0.4, 0.5) is 0 Å². The predicted molar refractivity (Wildman–Crippen MR) is 135 cm³/mol. The molecule has 0 aliphatic heterocycles. The van der Waals surface area contributed by atoms with Crippen LogP contribution >= 0.6 is 0 Å². The van der Waals surface area contributed by atoms with Crippen molar-refractivity contribution < 1.29 is 37.7 Å². The molecule has 0 fully saturated rings. The Labute approximate surface area is 223 Å². The average molecular weight is 531 g/mol. The van der Waals surface area contributed by atoms with Gasteiger partial charge in [-0.1, -0.05) is 60.7 Å². The third-order valence-electron chi connectivity index (χ3n) is 6.75. The van der Waals surface area contributed by atoms with Crippen molar-refractivity contribution in [2.45, 2.75) is 38.5 Å². The maximum atomic E-state index is 8.49. The molecule has 0 N–H and O–H groups in total. The van der Waals surface area contributed by atoms with Gasteiger partial charge in [0.15, 0.2) is 0 Å². The molecule has 38 heavy (non-hydrogen) atoms. The molecule has 4 aromatic rings. The van der Waals surface area contributed by atoms with E-state index in [-0.39, 0.29) is 0 Å². The van der Waals surface area contributed by atoms with Crippen LogP contribution in [-0.2, 0) is 12.8 Å². The zero-order valence-electron chi connectivity index (χ0n) is 20.7. The van der Waals surface area contributed by atoms with E-state index >= 15 is 0 Å². The number of halogens is 1. The summed E-state index contributed by atoms with van der Waals surface area (Å²) in [7, 11) is -4.94. The Morgan fingerprint density at radius 3 is 1.76 bits per heavy atom. The van der Waals surface area contributed by atoms with E-state index in [9.17, 15) is 0 Å². The molecule has 194 valence electrons. The van der Waals surface area contributed by atoms with Gasteiger partial charge in [-0.05, 0) is 73.9 Å². The summed E-state index contributed by atoms with van der Waals surface area (Å²) in [6.07, 6.45) is 12.6. The second-order valence-electron chi connectivity index (χ2n) is 9.31. The second kappa shape index (κ2) is 11.5. The van der Waals surface area contributed by atoms with Crippen LogP contribution in [0.1, 0.15) is 59.7 Å². The maximum absolute atomic E-state index is 8.49. The molecule has 2 aliphatic rings. The van der Waals surface area contributed by atoms with Crippen LogP contribution in [0.25, 0.3) is 34.4 Å². The normalized spacial score (nSPS) is 16.9. The van der Waals surface area contributed by atoms with E-state index in [1.807, 2.05) is 12.1 Å². The lowest BCUT2D eigenvalue weighted by molar-refractivity contribution is -2.00. The summed E-state index contributed by atoms with van der Waals surface area (Å²) in [5.74, 6) is 2.98. The molecule has 0 unspecified atom stereocenters. The van der Waals surface area contributed by atoms with Gasteiger partial charge in [0.25, 0.3) is 0 Å². The Morgan fingerprint density at radius 1 is 0.658 bits per heavy atom. The highest BCUT2D eigenvalue weighted by molar-refractivity contribution is 5.89. The van der Waals surface area contributed by atoms with Gasteiger partial charge in [-0.3, -0.25) is 0 Å². The van der Waals surface area contributed by atoms with Gasteiger partial charge in [-0.15, -0.1) is 10.2 Å². The van der Waals surface area contributed by atoms with Crippen LogP contribution in [-0.4, -0.2) is 0 Å². The maximum Gasteiger partial charge on any atom is 0.360 e. The Morgan fingerprint density at radius 2 is 1.21 bits per heavy atom. The summed E-state index contributed by atoms with van der Waals surface area (Å²) in [6.45, 7) is 0.